The molecule has 5 heteroatoms. The molecule has 0 bridgehead atoms. The lowest BCUT2D eigenvalue weighted by molar-refractivity contribution is 0.217. The largest absolute Gasteiger partial charge is 0.497 e. The first-order valence-corrected chi connectivity index (χ1v) is 6.83. The SMILES string of the molecule is COc1ccc(OCCOc2ccc(F)c(Br)c2)cc1. The molecule has 106 valence electrons. The van der Waals surface area contributed by atoms with Crippen molar-refractivity contribution < 1.29 is 18.6 Å². The van der Waals surface area contributed by atoms with Gasteiger partial charge in [-0.25, -0.2) is 4.39 Å². The molecule has 20 heavy (non-hydrogen) atoms. The van der Waals surface area contributed by atoms with E-state index in [2.05, 4.69) is 15.9 Å². The number of rotatable bonds is 6. The molecule has 0 aromatic heterocycles. The molecule has 0 aliphatic carbocycles. The summed E-state index contributed by atoms with van der Waals surface area (Å²) in [4.78, 5) is 0. The van der Waals surface area contributed by atoms with Crippen molar-refractivity contribution in [3.8, 4) is 17.2 Å². The van der Waals surface area contributed by atoms with Crippen LogP contribution in [0.5, 0.6) is 17.2 Å². The second-order valence-corrected chi connectivity index (χ2v) is 4.80. The van der Waals surface area contributed by atoms with Crippen molar-refractivity contribution in [3.05, 3.63) is 52.8 Å². The minimum Gasteiger partial charge on any atom is -0.497 e. The van der Waals surface area contributed by atoms with Crippen LogP contribution in [0.1, 0.15) is 0 Å². The minimum atomic E-state index is -0.313. The minimum absolute atomic E-state index is 0.313. The molecule has 0 heterocycles. The molecule has 2 aromatic rings. The van der Waals surface area contributed by atoms with E-state index in [1.807, 2.05) is 24.3 Å². The summed E-state index contributed by atoms with van der Waals surface area (Å²) in [6.45, 7) is 0.783. The van der Waals surface area contributed by atoms with Crippen LogP contribution in [-0.4, -0.2) is 20.3 Å². The van der Waals surface area contributed by atoms with Crippen LogP contribution >= 0.6 is 15.9 Å². The molecular formula is C15H14BrFO3. The van der Waals surface area contributed by atoms with Crippen molar-refractivity contribution in [3.63, 3.8) is 0 Å². The van der Waals surface area contributed by atoms with Gasteiger partial charge in [0.1, 0.15) is 36.3 Å². The molecule has 0 fully saturated rings. The van der Waals surface area contributed by atoms with Gasteiger partial charge in [0.15, 0.2) is 0 Å². The van der Waals surface area contributed by atoms with Gasteiger partial charge in [0.05, 0.1) is 11.6 Å². The van der Waals surface area contributed by atoms with E-state index in [-0.39, 0.29) is 5.82 Å². The lowest BCUT2D eigenvalue weighted by atomic mass is 10.3. The van der Waals surface area contributed by atoms with Crippen molar-refractivity contribution in [1.82, 2.24) is 0 Å². The summed E-state index contributed by atoms with van der Waals surface area (Å²) in [7, 11) is 1.62. The predicted molar refractivity (Wildman–Crippen MR) is 78.1 cm³/mol. The van der Waals surface area contributed by atoms with Crippen LogP contribution in [0.25, 0.3) is 0 Å². The average molecular weight is 341 g/mol. The first-order valence-electron chi connectivity index (χ1n) is 6.04. The lowest BCUT2D eigenvalue weighted by Crippen LogP contribution is -2.09. The quantitative estimate of drug-likeness (QED) is 0.742. The third-order valence-corrected chi connectivity index (χ3v) is 3.18. The summed E-state index contributed by atoms with van der Waals surface area (Å²) in [5.74, 6) is 1.81. The zero-order valence-corrected chi connectivity index (χ0v) is 12.5. The Kier molecular flexibility index (Phi) is 5.24. The van der Waals surface area contributed by atoms with Crippen LogP contribution in [0.4, 0.5) is 4.39 Å². The van der Waals surface area contributed by atoms with Gasteiger partial charge in [-0.2, -0.15) is 0 Å². The lowest BCUT2D eigenvalue weighted by Gasteiger charge is -2.09. The van der Waals surface area contributed by atoms with Gasteiger partial charge >= 0.3 is 0 Å². The van der Waals surface area contributed by atoms with E-state index >= 15 is 0 Å². The molecule has 0 saturated heterocycles. The van der Waals surface area contributed by atoms with Crippen molar-refractivity contribution >= 4 is 15.9 Å². The molecule has 0 saturated carbocycles. The number of halogens is 2. The van der Waals surface area contributed by atoms with Crippen molar-refractivity contribution in [1.29, 1.82) is 0 Å². The molecule has 0 radical (unpaired) electrons. The Bertz CT molecular complexity index is 558. The molecule has 0 spiro atoms. The third-order valence-electron chi connectivity index (χ3n) is 2.57. The topological polar surface area (TPSA) is 27.7 Å². The molecule has 2 aromatic carbocycles. The van der Waals surface area contributed by atoms with E-state index in [0.717, 1.165) is 11.5 Å². The number of ether oxygens (including phenoxy) is 3. The molecule has 0 atom stereocenters. The first-order chi connectivity index (χ1) is 9.69. The van der Waals surface area contributed by atoms with Gasteiger partial charge < -0.3 is 14.2 Å². The Morgan fingerprint density at radius 1 is 0.900 bits per heavy atom. The van der Waals surface area contributed by atoms with E-state index < -0.39 is 0 Å². The molecule has 0 unspecified atom stereocenters. The highest BCUT2D eigenvalue weighted by Gasteiger charge is 2.01. The second kappa shape index (κ2) is 7.14. The highest BCUT2D eigenvalue weighted by Crippen LogP contribution is 2.21. The normalized spacial score (nSPS) is 10.2. The summed E-state index contributed by atoms with van der Waals surface area (Å²) in [6, 6.07) is 11.8. The Labute approximate surface area is 125 Å². The van der Waals surface area contributed by atoms with Gasteiger partial charge in [-0.1, -0.05) is 0 Å². The zero-order chi connectivity index (χ0) is 14.4. The summed E-state index contributed by atoms with van der Waals surface area (Å²) in [5.41, 5.74) is 0. The average Bonchev–Trinajstić information content (AvgIpc) is 2.48. The highest BCUT2D eigenvalue weighted by molar-refractivity contribution is 9.10. The fraction of sp³-hybridized carbons (Fsp3) is 0.200. The van der Waals surface area contributed by atoms with E-state index in [1.165, 1.54) is 6.07 Å². The van der Waals surface area contributed by atoms with Gasteiger partial charge in [-0.15, -0.1) is 0 Å². The number of hydrogen-bond donors (Lipinski definition) is 0. The summed E-state index contributed by atoms with van der Waals surface area (Å²) >= 11 is 3.11. The fourth-order valence-corrected chi connectivity index (χ4v) is 1.92. The van der Waals surface area contributed by atoms with Crippen LogP contribution in [-0.2, 0) is 0 Å². The molecular weight excluding hydrogens is 327 g/mol. The zero-order valence-electron chi connectivity index (χ0n) is 10.9. The Balaban J connectivity index is 1.76. The Morgan fingerprint density at radius 2 is 1.45 bits per heavy atom. The Hall–Kier alpha value is -1.75. The van der Waals surface area contributed by atoms with E-state index in [0.29, 0.717) is 23.4 Å². The number of methoxy groups -OCH3 is 1. The van der Waals surface area contributed by atoms with Crippen LogP contribution < -0.4 is 14.2 Å². The maximum absolute atomic E-state index is 13.0. The molecule has 2 rings (SSSR count). The van der Waals surface area contributed by atoms with Gasteiger partial charge in [-0.05, 0) is 58.4 Å². The van der Waals surface area contributed by atoms with E-state index in [1.54, 1.807) is 19.2 Å². The third kappa shape index (κ3) is 4.13. The van der Waals surface area contributed by atoms with Crippen molar-refractivity contribution in [2.24, 2.45) is 0 Å². The molecule has 3 nitrogen and oxygen atoms in total. The summed E-state index contributed by atoms with van der Waals surface area (Å²) in [5, 5.41) is 0. The fourth-order valence-electron chi connectivity index (χ4n) is 1.56. The van der Waals surface area contributed by atoms with Gasteiger partial charge in [-0.3, -0.25) is 0 Å². The van der Waals surface area contributed by atoms with E-state index in [4.69, 9.17) is 14.2 Å². The maximum Gasteiger partial charge on any atom is 0.137 e. The van der Waals surface area contributed by atoms with Crippen LogP contribution in [0, 0.1) is 5.82 Å². The van der Waals surface area contributed by atoms with Crippen molar-refractivity contribution in [2.45, 2.75) is 0 Å². The van der Waals surface area contributed by atoms with Gasteiger partial charge in [0.25, 0.3) is 0 Å². The second-order valence-electron chi connectivity index (χ2n) is 3.95. The Morgan fingerprint density at radius 3 is 2.05 bits per heavy atom. The maximum atomic E-state index is 13.0. The van der Waals surface area contributed by atoms with Crippen LogP contribution in [0.15, 0.2) is 46.9 Å². The van der Waals surface area contributed by atoms with Crippen molar-refractivity contribution in [2.75, 3.05) is 20.3 Å². The molecule has 0 aliphatic heterocycles. The molecule has 0 aliphatic rings. The van der Waals surface area contributed by atoms with Crippen LogP contribution in [0.3, 0.4) is 0 Å². The van der Waals surface area contributed by atoms with Crippen LogP contribution in [0.2, 0.25) is 0 Å². The monoisotopic (exact) mass is 340 g/mol. The first kappa shape index (κ1) is 14.7. The van der Waals surface area contributed by atoms with E-state index in [9.17, 15) is 4.39 Å². The molecule has 0 N–H and O–H groups in total. The van der Waals surface area contributed by atoms with Gasteiger partial charge in [0.2, 0.25) is 0 Å². The smallest absolute Gasteiger partial charge is 0.137 e. The summed E-state index contributed by atoms with van der Waals surface area (Å²) in [6.07, 6.45) is 0. The number of benzene rings is 2. The van der Waals surface area contributed by atoms with Gasteiger partial charge in [0, 0.05) is 0 Å². The molecule has 0 amide bonds. The summed E-state index contributed by atoms with van der Waals surface area (Å²) < 4.78 is 29.4. The highest BCUT2D eigenvalue weighted by atomic mass is 79.9. The predicted octanol–water partition coefficient (Wildman–Crippen LogP) is 4.05. The standard InChI is InChI=1S/C15H14BrFO3/c1-18-11-2-4-12(5-3-11)19-8-9-20-13-6-7-15(17)14(16)10-13/h2-7,10H,8-9H2,1H3. The number of hydrogen-bond acceptors (Lipinski definition) is 3.